The second-order valence-electron chi connectivity index (χ2n) is 3.48. The zero-order valence-corrected chi connectivity index (χ0v) is 10.1. The van der Waals surface area contributed by atoms with Gasteiger partial charge < -0.3 is 5.11 Å². The number of sulfonamides is 1. The lowest BCUT2D eigenvalue weighted by Gasteiger charge is -2.05. The summed E-state index contributed by atoms with van der Waals surface area (Å²) in [6, 6.07) is 1.79. The van der Waals surface area contributed by atoms with Crippen LogP contribution in [0, 0.1) is 0 Å². The van der Waals surface area contributed by atoms with E-state index >= 15 is 0 Å². The van der Waals surface area contributed by atoms with Gasteiger partial charge in [0.1, 0.15) is 0 Å². The van der Waals surface area contributed by atoms with Crippen molar-refractivity contribution >= 4 is 16.0 Å². The van der Waals surface area contributed by atoms with Gasteiger partial charge in [-0.2, -0.15) is 5.10 Å². The number of aromatic nitrogens is 2. The second kappa shape index (κ2) is 6.36. The molecule has 1 rings (SSSR count). The first-order valence-corrected chi connectivity index (χ1v) is 6.81. The van der Waals surface area contributed by atoms with Crippen LogP contribution in [0.3, 0.4) is 0 Å². The van der Waals surface area contributed by atoms with Crippen LogP contribution >= 0.6 is 0 Å². The van der Waals surface area contributed by atoms with Crippen LogP contribution in [0.4, 0.5) is 0 Å². The summed E-state index contributed by atoms with van der Waals surface area (Å²) in [6.07, 6.45) is 3.67. The average Bonchev–Trinajstić information content (AvgIpc) is 2.75. The molecule has 0 spiro atoms. The fourth-order valence-electron chi connectivity index (χ4n) is 1.20. The number of aryl methyl sites for hydroxylation is 1. The summed E-state index contributed by atoms with van der Waals surface area (Å²) in [4.78, 5) is 10.2. The number of nitrogens with zero attached hydrogens (tertiary/aromatic N) is 2. The highest BCUT2D eigenvalue weighted by Crippen LogP contribution is 1.92. The number of carboxylic acids is 1. The molecule has 0 fully saturated rings. The Morgan fingerprint density at radius 1 is 1.47 bits per heavy atom. The van der Waals surface area contributed by atoms with Crippen LogP contribution in [0.15, 0.2) is 18.5 Å². The molecular formula is C9H15N3O4S. The van der Waals surface area contributed by atoms with E-state index in [4.69, 9.17) is 5.11 Å². The van der Waals surface area contributed by atoms with E-state index in [0.717, 1.165) is 0 Å². The number of rotatable bonds is 8. The SMILES string of the molecule is O=C(O)CCS(=O)(=O)NCCCn1cccn1. The molecule has 0 aliphatic rings. The van der Waals surface area contributed by atoms with Crippen molar-refractivity contribution in [2.24, 2.45) is 0 Å². The molecule has 1 heterocycles. The van der Waals surface area contributed by atoms with Crippen molar-refractivity contribution in [3.8, 4) is 0 Å². The van der Waals surface area contributed by atoms with Crippen molar-refractivity contribution in [2.75, 3.05) is 12.3 Å². The Labute approximate surface area is 99.5 Å². The van der Waals surface area contributed by atoms with Gasteiger partial charge >= 0.3 is 5.97 Å². The molecule has 0 unspecified atom stereocenters. The van der Waals surface area contributed by atoms with Crippen LogP contribution in [0.1, 0.15) is 12.8 Å². The van der Waals surface area contributed by atoms with Crippen molar-refractivity contribution in [3.05, 3.63) is 18.5 Å². The highest BCUT2D eigenvalue weighted by atomic mass is 32.2. The Hall–Kier alpha value is -1.41. The maximum absolute atomic E-state index is 11.3. The first-order valence-electron chi connectivity index (χ1n) is 5.16. The summed E-state index contributed by atoms with van der Waals surface area (Å²) in [5.41, 5.74) is 0. The summed E-state index contributed by atoms with van der Waals surface area (Å²) in [5.74, 6) is -1.50. The first kappa shape index (κ1) is 13.7. The molecule has 0 atom stereocenters. The van der Waals surface area contributed by atoms with Gasteiger partial charge in [-0.15, -0.1) is 0 Å². The maximum Gasteiger partial charge on any atom is 0.304 e. The first-order chi connectivity index (χ1) is 7.99. The third-order valence-corrected chi connectivity index (χ3v) is 3.42. The topological polar surface area (TPSA) is 101 Å². The molecule has 7 nitrogen and oxygen atoms in total. The lowest BCUT2D eigenvalue weighted by molar-refractivity contribution is -0.136. The number of carboxylic acid groups (broad SMARTS) is 1. The minimum absolute atomic E-state index is 0.280. The standard InChI is InChI=1S/C9H15N3O4S/c13-9(14)3-8-17(15,16)11-5-2-7-12-6-1-4-10-12/h1,4,6,11H,2-3,5,7-8H2,(H,13,14). The van der Waals surface area contributed by atoms with Gasteiger partial charge in [-0.3, -0.25) is 9.48 Å². The molecule has 0 bridgehead atoms. The summed E-state index contributed by atoms with van der Waals surface area (Å²) in [6.45, 7) is 0.899. The number of carbonyl (C=O) groups is 1. The lowest BCUT2D eigenvalue weighted by Crippen LogP contribution is -2.29. The minimum Gasteiger partial charge on any atom is -0.481 e. The van der Waals surface area contributed by atoms with Gasteiger partial charge in [-0.05, 0) is 12.5 Å². The van der Waals surface area contributed by atoms with Crippen molar-refractivity contribution in [3.63, 3.8) is 0 Å². The zero-order valence-electron chi connectivity index (χ0n) is 9.24. The minimum atomic E-state index is -3.48. The summed E-state index contributed by atoms with van der Waals surface area (Å²) < 4.78 is 26.6. The molecule has 0 radical (unpaired) electrons. The van der Waals surface area contributed by atoms with E-state index in [-0.39, 0.29) is 18.7 Å². The van der Waals surface area contributed by atoms with Gasteiger partial charge in [0, 0.05) is 25.5 Å². The van der Waals surface area contributed by atoms with Gasteiger partial charge in [0.2, 0.25) is 10.0 Å². The van der Waals surface area contributed by atoms with Crippen LogP contribution < -0.4 is 4.72 Å². The highest BCUT2D eigenvalue weighted by molar-refractivity contribution is 7.89. The summed E-state index contributed by atoms with van der Waals surface area (Å²) in [7, 11) is -3.48. The van der Waals surface area contributed by atoms with Crippen LogP contribution in [-0.4, -0.2) is 41.6 Å². The predicted octanol–water partition coefficient (Wildman–Crippen LogP) is -0.333. The van der Waals surface area contributed by atoms with Crippen LogP contribution in [0.5, 0.6) is 0 Å². The van der Waals surface area contributed by atoms with Gasteiger partial charge in [-0.25, -0.2) is 13.1 Å². The molecule has 0 amide bonds. The number of nitrogens with one attached hydrogen (secondary N) is 1. The third kappa shape index (κ3) is 6.03. The van der Waals surface area contributed by atoms with Gasteiger partial charge in [0.25, 0.3) is 0 Å². The molecular weight excluding hydrogens is 246 g/mol. The lowest BCUT2D eigenvalue weighted by atomic mass is 10.4. The molecule has 0 saturated heterocycles. The van der Waals surface area contributed by atoms with E-state index in [1.165, 1.54) is 0 Å². The molecule has 2 N–H and O–H groups in total. The molecule has 1 aromatic rings. The third-order valence-electron chi connectivity index (χ3n) is 2.03. The van der Waals surface area contributed by atoms with Gasteiger partial charge in [-0.1, -0.05) is 0 Å². The summed E-state index contributed by atoms with van der Waals surface area (Å²) >= 11 is 0. The predicted molar refractivity (Wildman–Crippen MR) is 60.9 cm³/mol. The van der Waals surface area contributed by atoms with E-state index < -0.39 is 16.0 Å². The van der Waals surface area contributed by atoms with Crippen LogP contribution in [0.25, 0.3) is 0 Å². The largest absolute Gasteiger partial charge is 0.481 e. The van der Waals surface area contributed by atoms with E-state index in [1.807, 2.05) is 0 Å². The van der Waals surface area contributed by atoms with E-state index in [0.29, 0.717) is 13.0 Å². The number of hydrogen-bond acceptors (Lipinski definition) is 4. The van der Waals surface area contributed by atoms with Crippen LogP contribution in [-0.2, 0) is 21.4 Å². The van der Waals surface area contributed by atoms with E-state index in [9.17, 15) is 13.2 Å². The molecule has 8 heteroatoms. The van der Waals surface area contributed by atoms with Crippen molar-refractivity contribution in [2.45, 2.75) is 19.4 Å². The molecule has 0 aliphatic heterocycles. The zero-order chi connectivity index (χ0) is 12.7. The van der Waals surface area contributed by atoms with Crippen molar-refractivity contribution in [1.82, 2.24) is 14.5 Å². The Morgan fingerprint density at radius 3 is 2.82 bits per heavy atom. The van der Waals surface area contributed by atoms with E-state index in [1.54, 1.807) is 23.1 Å². The fourth-order valence-corrected chi connectivity index (χ4v) is 2.24. The monoisotopic (exact) mass is 261 g/mol. The molecule has 0 aromatic carbocycles. The average molecular weight is 261 g/mol. The van der Waals surface area contributed by atoms with Gasteiger partial charge in [0.05, 0.1) is 12.2 Å². The Balaban J connectivity index is 2.19. The van der Waals surface area contributed by atoms with Crippen LogP contribution in [0.2, 0.25) is 0 Å². The fraction of sp³-hybridized carbons (Fsp3) is 0.556. The summed E-state index contributed by atoms with van der Waals surface area (Å²) in [5, 5.41) is 12.3. The van der Waals surface area contributed by atoms with Gasteiger partial charge in [0.15, 0.2) is 0 Å². The molecule has 1 aromatic heterocycles. The Kier molecular flexibility index (Phi) is 5.11. The van der Waals surface area contributed by atoms with Crippen molar-refractivity contribution < 1.29 is 18.3 Å². The smallest absolute Gasteiger partial charge is 0.304 e. The molecule has 96 valence electrons. The molecule has 0 aliphatic carbocycles. The molecule has 17 heavy (non-hydrogen) atoms. The second-order valence-corrected chi connectivity index (χ2v) is 5.41. The number of hydrogen-bond donors (Lipinski definition) is 2. The van der Waals surface area contributed by atoms with E-state index in [2.05, 4.69) is 9.82 Å². The Morgan fingerprint density at radius 2 is 2.24 bits per heavy atom. The van der Waals surface area contributed by atoms with Crippen molar-refractivity contribution in [1.29, 1.82) is 0 Å². The quantitative estimate of drug-likeness (QED) is 0.624. The number of aliphatic carboxylic acids is 1. The molecule has 0 saturated carbocycles. The highest BCUT2D eigenvalue weighted by Gasteiger charge is 2.11. The Bertz CT molecular complexity index is 441. The normalized spacial score (nSPS) is 11.5. The maximum atomic E-state index is 11.3.